The molecule has 0 N–H and O–H groups in total. The summed E-state index contributed by atoms with van der Waals surface area (Å²) < 4.78 is 5.89. The number of aromatic nitrogens is 2. The number of ether oxygens (including phenoxy) is 1. The number of amides is 1. The number of hydrogen-bond acceptors (Lipinski definition) is 4. The quantitative estimate of drug-likeness (QED) is 0.856. The van der Waals surface area contributed by atoms with Crippen LogP contribution < -0.4 is 4.74 Å². The summed E-state index contributed by atoms with van der Waals surface area (Å²) >= 11 is 0. The smallest absolute Gasteiger partial charge is 0.233 e. The van der Waals surface area contributed by atoms with Crippen molar-refractivity contribution in [2.24, 2.45) is 11.8 Å². The Bertz CT molecular complexity index is 578. The van der Waals surface area contributed by atoms with Gasteiger partial charge in [-0.05, 0) is 62.8 Å². The number of piperidine rings is 1. The molecule has 1 saturated heterocycles. The normalized spacial score (nSPS) is 21.8. The highest BCUT2D eigenvalue weighted by molar-refractivity contribution is 5.81. The van der Waals surface area contributed by atoms with Crippen molar-refractivity contribution < 1.29 is 9.53 Å². The number of carbonyl (C=O) groups is 1. The molecule has 0 unspecified atom stereocenters. The summed E-state index contributed by atoms with van der Waals surface area (Å²) in [7, 11) is 0. The third-order valence-electron chi connectivity index (χ3n) is 5.37. The van der Waals surface area contributed by atoms with Gasteiger partial charge in [-0.1, -0.05) is 0 Å². The van der Waals surface area contributed by atoms with Crippen LogP contribution in [-0.4, -0.2) is 40.7 Å². The van der Waals surface area contributed by atoms with Crippen LogP contribution in [0.3, 0.4) is 0 Å². The van der Waals surface area contributed by atoms with E-state index in [0.29, 0.717) is 30.2 Å². The molecule has 3 aliphatic rings. The first-order valence-corrected chi connectivity index (χ1v) is 9.06. The molecule has 1 aliphatic heterocycles. The summed E-state index contributed by atoms with van der Waals surface area (Å²) in [4.78, 5) is 14.1. The van der Waals surface area contributed by atoms with Crippen LogP contribution in [0.1, 0.15) is 49.8 Å². The molecule has 1 aromatic rings. The van der Waals surface area contributed by atoms with E-state index >= 15 is 0 Å². The molecule has 2 heterocycles. The molecule has 1 saturated carbocycles. The zero-order valence-electron chi connectivity index (χ0n) is 13.7. The molecule has 2 aliphatic carbocycles. The Morgan fingerprint density at radius 3 is 2.70 bits per heavy atom. The number of carbonyl (C=O) groups excluding carboxylic acids is 1. The Morgan fingerprint density at radius 1 is 1.13 bits per heavy atom. The highest BCUT2D eigenvalue weighted by Gasteiger charge is 2.34. The summed E-state index contributed by atoms with van der Waals surface area (Å²) in [5, 5.41) is 8.53. The van der Waals surface area contributed by atoms with Crippen LogP contribution in [0.15, 0.2) is 6.07 Å². The molecule has 124 valence electrons. The van der Waals surface area contributed by atoms with Crippen molar-refractivity contribution in [1.29, 1.82) is 0 Å². The molecule has 5 heteroatoms. The highest BCUT2D eigenvalue weighted by atomic mass is 16.5. The maximum absolute atomic E-state index is 12.1. The SMILES string of the molecule is O=C(C1CC1)N1CCC(COc2cc3c(nn2)CCCC3)CC1. The van der Waals surface area contributed by atoms with Crippen LogP contribution in [0.5, 0.6) is 5.88 Å². The molecule has 2 fully saturated rings. The third kappa shape index (κ3) is 3.48. The van der Waals surface area contributed by atoms with Crippen molar-refractivity contribution in [2.75, 3.05) is 19.7 Å². The Hall–Kier alpha value is -1.65. The first-order valence-electron chi connectivity index (χ1n) is 9.06. The zero-order chi connectivity index (χ0) is 15.6. The highest BCUT2D eigenvalue weighted by Crippen LogP contribution is 2.32. The van der Waals surface area contributed by atoms with E-state index < -0.39 is 0 Å². The first-order chi connectivity index (χ1) is 11.3. The van der Waals surface area contributed by atoms with Crippen LogP contribution in [0.4, 0.5) is 0 Å². The van der Waals surface area contributed by atoms with Crippen LogP contribution in [0.25, 0.3) is 0 Å². The van der Waals surface area contributed by atoms with Crippen molar-refractivity contribution in [2.45, 2.75) is 51.4 Å². The van der Waals surface area contributed by atoms with Gasteiger partial charge in [0, 0.05) is 25.1 Å². The molecule has 4 rings (SSSR count). The van der Waals surface area contributed by atoms with Crippen molar-refractivity contribution in [3.8, 4) is 5.88 Å². The van der Waals surface area contributed by atoms with Gasteiger partial charge in [-0.3, -0.25) is 4.79 Å². The van der Waals surface area contributed by atoms with Gasteiger partial charge in [0.25, 0.3) is 0 Å². The van der Waals surface area contributed by atoms with E-state index in [0.717, 1.165) is 57.3 Å². The predicted octanol–water partition coefficient (Wildman–Crippen LogP) is 2.38. The topological polar surface area (TPSA) is 55.3 Å². The predicted molar refractivity (Wildman–Crippen MR) is 86.2 cm³/mol. The van der Waals surface area contributed by atoms with Gasteiger partial charge in [0.1, 0.15) is 0 Å². The summed E-state index contributed by atoms with van der Waals surface area (Å²) in [6, 6.07) is 2.08. The van der Waals surface area contributed by atoms with Gasteiger partial charge in [0.15, 0.2) is 0 Å². The Morgan fingerprint density at radius 2 is 1.91 bits per heavy atom. The fraction of sp³-hybridized carbons (Fsp3) is 0.722. The Kier molecular flexibility index (Phi) is 4.19. The molecule has 0 radical (unpaired) electrons. The lowest BCUT2D eigenvalue weighted by Gasteiger charge is -2.32. The number of fused-ring (bicyclic) bond motifs is 1. The van der Waals surface area contributed by atoms with Crippen LogP contribution in [0, 0.1) is 11.8 Å². The van der Waals surface area contributed by atoms with Crippen molar-refractivity contribution in [3.05, 3.63) is 17.3 Å². The van der Waals surface area contributed by atoms with E-state index in [1.807, 2.05) is 4.90 Å². The molecular formula is C18H25N3O2. The molecular weight excluding hydrogens is 290 g/mol. The summed E-state index contributed by atoms with van der Waals surface area (Å²) in [5.41, 5.74) is 2.46. The van der Waals surface area contributed by atoms with E-state index in [1.54, 1.807) is 0 Å². The van der Waals surface area contributed by atoms with Gasteiger partial charge < -0.3 is 9.64 Å². The van der Waals surface area contributed by atoms with Gasteiger partial charge in [0.2, 0.25) is 11.8 Å². The van der Waals surface area contributed by atoms with Crippen molar-refractivity contribution >= 4 is 5.91 Å². The monoisotopic (exact) mass is 315 g/mol. The second-order valence-corrected chi connectivity index (χ2v) is 7.22. The number of hydrogen-bond donors (Lipinski definition) is 0. The van der Waals surface area contributed by atoms with E-state index in [4.69, 9.17) is 4.74 Å². The molecule has 0 aromatic carbocycles. The van der Waals surface area contributed by atoms with Crippen molar-refractivity contribution in [1.82, 2.24) is 15.1 Å². The lowest BCUT2D eigenvalue weighted by molar-refractivity contribution is -0.134. The number of rotatable bonds is 4. The van der Waals surface area contributed by atoms with Gasteiger partial charge in [-0.15, -0.1) is 5.10 Å². The molecule has 1 aromatic heterocycles. The Labute approximate surface area is 137 Å². The van der Waals surface area contributed by atoms with Gasteiger partial charge >= 0.3 is 0 Å². The molecule has 0 spiro atoms. The number of aryl methyl sites for hydroxylation is 2. The van der Waals surface area contributed by atoms with Crippen LogP contribution in [-0.2, 0) is 17.6 Å². The summed E-state index contributed by atoms with van der Waals surface area (Å²) in [5.74, 6) is 1.91. The summed E-state index contributed by atoms with van der Waals surface area (Å²) in [6.07, 6.45) is 8.88. The van der Waals surface area contributed by atoms with Gasteiger partial charge in [0.05, 0.1) is 12.3 Å². The Balaban J connectivity index is 1.26. The third-order valence-corrected chi connectivity index (χ3v) is 5.37. The minimum atomic E-state index is 0.341. The lowest BCUT2D eigenvalue weighted by atomic mass is 9.97. The lowest BCUT2D eigenvalue weighted by Crippen LogP contribution is -2.40. The average molecular weight is 315 g/mol. The second kappa shape index (κ2) is 6.46. The van der Waals surface area contributed by atoms with Gasteiger partial charge in [-0.25, -0.2) is 0 Å². The average Bonchev–Trinajstić information content (AvgIpc) is 3.45. The molecule has 23 heavy (non-hydrogen) atoms. The number of likely N-dealkylation sites (tertiary alicyclic amines) is 1. The first kappa shape index (κ1) is 14.9. The van der Waals surface area contributed by atoms with E-state index in [9.17, 15) is 4.79 Å². The van der Waals surface area contributed by atoms with E-state index in [1.165, 1.54) is 18.4 Å². The molecule has 0 bridgehead atoms. The van der Waals surface area contributed by atoms with Crippen molar-refractivity contribution in [3.63, 3.8) is 0 Å². The summed E-state index contributed by atoms with van der Waals surface area (Å²) in [6.45, 7) is 2.47. The molecule has 1 amide bonds. The minimum Gasteiger partial charge on any atom is -0.476 e. The second-order valence-electron chi connectivity index (χ2n) is 7.22. The fourth-order valence-electron chi connectivity index (χ4n) is 3.65. The van der Waals surface area contributed by atoms with Crippen LogP contribution >= 0.6 is 0 Å². The maximum Gasteiger partial charge on any atom is 0.233 e. The van der Waals surface area contributed by atoms with Gasteiger partial charge in [-0.2, -0.15) is 5.10 Å². The number of nitrogens with zero attached hydrogens (tertiary/aromatic N) is 3. The van der Waals surface area contributed by atoms with E-state index in [-0.39, 0.29) is 0 Å². The van der Waals surface area contributed by atoms with E-state index in [2.05, 4.69) is 16.3 Å². The maximum atomic E-state index is 12.1. The molecule has 5 nitrogen and oxygen atoms in total. The molecule has 0 atom stereocenters. The standard InChI is InChI=1S/C18H25N3O2/c22-18(14-5-6-14)21-9-7-13(8-10-21)12-23-17-11-15-3-1-2-4-16(15)19-20-17/h11,13-14H,1-10,12H2. The zero-order valence-corrected chi connectivity index (χ0v) is 13.7. The minimum absolute atomic E-state index is 0.341. The van der Waals surface area contributed by atoms with Crippen LogP contribution in [0.2, 0.25) is 0 Å². The fourth-order valence-corrected chi connectivity index (χ4v) is 3.65. The largest absolute Gasteiger partial charge is 0.476 e.